The number of hydrogen-bond acceptors (Lipinski definition) is 2. The molecule has 1 aromatic carbocycles. The number of para-hydroxylation sites is 1. The normalized spacial score (nSPS) is 10.4. The van der Waals surface area contributed by atoms with Crippen LogP contribution in [0.25, 0.3) is 10.9 Å². The van der Waals surface area contributed by atoms with Gasteiger partial charge in [-0.15, -0.1) is 0 Å². The summed E-state index contributed by atoms with van der Waals surface area (Å²) >= 11 is 0. The number of pyridine rings is 1. The van der Waals surface area contributed by atoms with E-state index >= 15 is 0 Å². The minimum atomic E-state index is -0.0898. The first kappa shape index (κ1) is 11.5. The Morgan fingerprint density at radius 1 is 1.41 bits per heavy atom. The molecule has 0 spiro atoms. The Morgan fingerprint density at radius 2 is 2.18 bits per heavy atom. The fourth-order valence-electron chi connectivity index (χ4n) is 1.87. The fourth-order valence-corrected chi connectivity index (χ4v) is 1.87. The lowest BCUT2D eigenvalue weighted by atomic mass is 10.2. The summed E-state index contributed by atoms with van der Waals surface area (Å²) in [6.45, 7) is 6.50. The maximum Gasteiger partial charge on any atom is 0.293 e. The molecule has 2 rings (SSSR count). The molecule has 0 fully saturated rings. The summed E-state index contributed by atoms with van der Waals surface area (Å²) in [7, 11) is 0. The van der Waals surface area contributed by atoms with Gasteiger partial charge in [-0.1, -0.05) is 30.9 Å². The minimum absolute atomic E-state index is 0.0898. The smallest absolute Gasteiger partial charge is 0.293 e. The molecule has 0 N–H and O–H groups in total. The van der Waals surface area contributed by atoms with Crippen LogP contribution in [0, 0.1) is 0 Å². The highest BCUT2D eigenvalue weighted by Gasteiger charge is 2.08. The van der Waals surface area contributed by atoms with E-state index in [1.807, 2.05) is 31.2 Å². The molecule has 0 unspecified atom stereocenters. The Kier molecular flexibility index (Phi) is 3.28. The number of ether oxygens (including phenoxy) is 1. The first-order valence-corrected chi connectivity index (χ1v) is 5.64. The highest BCUT2D eigenvalue weighted by atomic mass is 16.5. The van der Waals surface area contributed by atoms with Gasteiger partial charge in [0, 0.05) is 11.9 Å². The summed E-state index contributed by atoms with van der Waals surface area (Å²) in [6.07, 6.45) is 1.63. The molecule has 3 heteroatoms. The lowest BCUT2D eigenvalue weighted by Gasteiger charge is -2.11. The van der Waals surface area contributed by atoms with Crippen molar-refractivity contribution in [2.24, 2.45) is 0 Å². The van der Waals surface area contributed by atoms with Crippen molar-refractivity contribution in [1.29, 1.82) is 0 Å². The summed E-state index contributed by atoms with van der Waals surface area (Å²) in [5.74, 6) is 0.380. The molecule has 1 heterocycles. The Balaban J connectivity index is 2.66. The van der Waals surface area contributed by atoms with Gasteiger partial charge in [0.15, 0.2) is 5.75 Å². The lowest BCUT2D eigenvalue weighted by molar-refractivity contribution is 0.355. The van der Waals surface area contributed by atoms with E-state index in [0.717, 1.165) is 10.9 Å². The van der Waals surface area contributed by atoms with Crippen LogP contribution in [0.1, 0.15) is 6.92 Å². The van der Waals surface area contributed by atoms with E-state index in [4.69, 9.17) is 4.74 Å². The number of hydrogen-bond donors (Lipinski definition) is 0. The van der Waals surface area contributed by atoms with Crippen LogP contribution < -0.4 is 10.3 Å². The zero-order valence-electron chi connectivity index (χ0n) is 9.85. The maximum absolute atomic E-state index is 12.1. The van der Waals surface area contributed by atoms with Crippen LogP contribution in [0.2, 0.25) is 0 Å². The third kappa shape index (κ3) is 2.09. The number of aryl methyl sites for hydroxylation is 1. The second-order valence-electron chi connectivity index (χ2n) is 3.72. The standard InChI is InChI=1S/C14H15NO2/c1-3-9-17-13-10-11-7-5-6-8-12(11)15(4-2)14(13)16/h3,5-8,10H,1,4,9H2,2H3. The molecule has 88 valence electrons. The van der Waals surface area contributed by atoms with Crippen LogP contribution in [0.15, 0.2) is 47.8 Å². The second-order valence-corrected chi connectivity index (χ2v) is 3.72. The average Bonchev–Trinajstić information content (AvgIpc) is 2.36. The van der Waals surface area contributed by atoms with Crippen molar-refractivity contribution >= 4 is 10.9 Å². The number of benzene rings is 1. The highest BCUT2D eigenvalue weighted by molar-refractivity contribution is 5.80. The quantitative estimate of drug-likeness (QED) is 0.754. The largest absolute Gasteiger partial charge is 0.484 e. The van der Waals surface area contributed by atoms with E-state index in [1.54, 1.807) is 16.7 Å². The van der Waals surface area contributed by atoms with Gasteiger partial charge in [0.05, 0.1) is 5.52 Å². The van der Waals surface area contributed by atoms with Crippen LogP contribution in [-0.2, 0) is 6.54 Å². The van der Waals surface area contributed by atoms with E-state index in [0.29, 0.717) is 18.9 Å². The molecule has 0 aliphatic heterocycles. The van der Waals surface area contributed by atoms with E-state index in [9.17, 15) is 4.79 Å². The third-order valence-corrected chi connectivity index (χ3v) is 2.64. The van der Waals surface area contributed by atoms with Crippen molar-refractivity contribution in [3.8, 4) is 5.75 Å². The first-order chi connectivity index (χ1) is 8.27. The zero-order valence-corrected chi connectivity index (χ0v) is 9.85. The molecule has 0 amide bonds. The molecular formula is C14H15NO2. The number of fused-ring (bicyclic) bond motifs is 1. The Hall–Kier alpha value is -2.03. The van der Waals surface area contributed by atoms with Crippen molar-refractivity contribution in [2.75, 3.05) is 6.61 Å². The van der Waals surface area contributed by atoms with Crippen molar-refractivity contribution in [1.82, 2.24) is 4.57 Å². The monoisotopic (exact) mass is 229 g/mol. The third-order valence-electron chi connectivity index (χ3n) is 2.64. The van der Waals surface area contributed by atoms with Gasteiger partial charge in [0.2, 0.25) is 0 Å². The minimum Gasteiger partial charge on any atom is -0.484 e. The summed E-state index contributed by atoms with van der Waals surface area (Å²) in [4.78, 5) is 12.1. The van der Waals surface area contributed by atoms with Crippen molar-refractivity contribution < 1.29 is 4.74 Å². The van der Waals surface area contributed by atoms with Crippen molar-refractivity contribution in [2.45, 2.75) is 13.5 Å². The van der Waals surface area contributed by atoms with E-state index < -0.39 is 0 Å². The molecule has 0 saturated carbocycles. The zero-order chi connectivity index (χ0) is 12.3. The topological polar surface area (TPSA) is 31.2 Å². The van der Waals surface area contributed by atoms with Gasteiger partial charge in [-0.2, -0.15) is 0 Å². The van der Waals surface area contributed by atoms with Crippen LogP contribution >= 0.6 is 0 Å². The molecule has 0 radical (unpaired) electrons. The molecule has 0 aliphatic rings. The van der Waals surface area contributed by atoms with Gasteiger partial charge < -0.3 is 9.30 Å². The molecule has 0 aliphatic carbocycles. The van der Waals surface area contributed by atoms with Gasteiger partial charge >= 0.3 is 0 Å². The predicted octanol–water partition coefficient (Wildman–Crippen LogP) is 2.59. The maximum atomic E-state index is 12.1. The van der Waals surface area contributed by atoms with E-state index in [1.165, 1.54) is 0 Å². The van der Waals surface area contributed by atoms with E-state index in [-0.39, 0.29) is 5.56 Å². The molecule has 17 heavy (non-hydrogen) atoms. The molecule has 1 aromatic heterocycles. The molecule has 2 aromatic rings. The van der Waals surface area contributed by atoms with Crippen LogP contribution in [0.3, 0.4) is 0 Å². The van der Waals surface area contributed by atoms with Gasteiger partial charge in [-0.3, -0.25) is 4.79 Å². The Labute approximate surface area is 100.0 Å². The van der Waals surface area contributed by atoms with Crippen LogP contribution in [-0.4, -0.2) is 11.2 Å². The SMILES string of the molecule is C=CCOc1cc2ccccc2n(CC)c1=O. The van der Waals surface area contributed by atoms with Crippen LogP contribution in [0.4, 0.5) is 0 Å². The van der Waals surface area contributed by atoms with E-state index in [2.05, 4.69) is 6.58 Å². The predicted molar refractivity (Wildman–Crippen MR) is 69.6 cm³/mol. The average molecular weight is 229 g/mol. The van der Waals surface area contributed by atoms with Crippen molar-refractivity contribution in [3.63, 3.8) is 0 Å². The van der Waals surface area contributed by atoms with Gasteiger partial charge in [-0.25, -0.2) is 0 Å². The molecular weight excluding hydrogens is 214 g/mol. The van der Waals surface area contributed by atoms with Gasteiger partial charge in [0.1, 0.15) is 6.61 Å². The second kappa shape index (κ2) is 4.87. The summed E-state index contributed by atoms with van der Waals surface area (Å²) in [5.41, 5.74) is 0.846. The van der Waals surface area contributed by atoms with Crippen molar-refractivity contribution in [3.05, 3.63) is 53.3 Å². The Bertz CT molecular complexity index is 599. The number of nitrogens with zero attached hydrogens (tertiary/aromatic N) is 1. The number of aromatic nitrogens is 1. The summed E-state index contributed by atoms with van der Waals surface area (Å²) in [6, 6.07) is 9.58. The van der Waals surface area contributed by atoms with Gasteiger partial charge in [0.25, 0.3) is 5.56 Å². The molecule has 3 nitrogen and oxygen atoms in total. The first-order valence-electron chi connectivity index (χ1n) is 5.64. The molecule has 0 atom stereocenters. The Morgan fingerprint density at radius 3 is 2.88 bits per heavy atom. The van der Waals surface area contributed by atoms with Gasteiger partial charge in [-0.05, 0) is 19.1 Å². The molecule has 0 bridgehead atoms. The highest BCUT2D eigenvalue weighted by Crippen LogP contribution is 2.16. The molecule has 0 saturated heterocycles. The summed E-state index contributed by atoms with van der Waals surface area (Å²) < 4.78 is 7.10. The van der Waals surface area contributed by atoms with Crippen LogP contribution in [0.5, 0.6) is 5.75 Å². The summed E-state index contributed by atoms with van der Waals surface area (Å²) in [5, 5.41) is 1.01. The fraction of sp³-hybridized carbons (Fsp3) is 0.214. The lowest BCUT2D eigenvalue weighted by Crippen LogP contribution is -2.21. The number of rotatable bonds is 4.